The largest absolute Gasteiger partial charge is 0.495 e. The van der Waals surface area contributed by atoms with Gasteiger partial charge in [-0.2, -0.15) is 0 Å². The molecule has 2 rings (SSSR count). The van der Waals surface area contributed by atoms with Crippen LogP contribution in [0.15, 0.2) is 42.5 Å². The molecule has 2 N–H and O–H groups in total. The molecular weight excluding hydrogens is 348 g/mol. The highest BCUT2D eigenvalue weighted by Crippen LogP contribution is 2.35. The second kappa shape index (κ2) is 8.52. The second-order valence-electron chi connectivity index (χ2n) is 4.85. The van der Waals surface area contributed by atoms with E-state index in [-0.39, 0.29) is 17.4 Å². The van der Waals surface area contributed by atoms with Crippen molar-refractivity contribution in [2.45, 2.75) is 6.42 Å². The first kappa shape index (κ1) is 18.0. The monoisotopic (exact) mass is 364 g/mol. The van der Waals surface area contributed by atoms with Crippen LogP contribution in [0.1, 0.15) is 5.56 Å². The minimum Gasteiger partial charge on any atom is -0.495 e. The Morgan fingerprint density at radius 1 is 1.12 bits per heavy atom. The van der Waals surface area contributed by atoms with Gasteiger partial charge in [-0.15, -0.1) is 0 Å². The van der Waals surface area contributed by atoms with Crippen LogP contribution in [-0.2, 0) is 11.2 Å². The van der Waals surface area contributed by atoms with E-state index in [1.165, 1.54) is 14.2 Å². The zero-order chi connectivity index (χ0) is 17.5. The molecule has 0 heterocycles. The fraction of sp³-hybridized carbons (Fsp3) is 0.176. The van der Waals surface area contributed by atoms with Crippen molar-refractivity contribution in [3.63, 3.8) is 0 Å². The SMILES string of the molecule is COc1cc(NC(=S)NC(=O)Cc2ccccc2)c(OC)cc1Cl. The average molecular weight is 365 g/mol. The molecule has 24 heavy (non-hydrogen) atoms. The molecule has 0 saturated heterocycles. The molecule has 1 amide bonds. The van der Waals surface area contributed by atoms with Crippen molar-refractivity contribution in [2.75, 3.05) is 19.5 Å². The summed E-state index contributed by atoms with van der Waals surface area (Å²) in [5, 5.41) is 6.13. The number of amides is 1. The third-order valence-electron chi connectivity index (χ3n) is 3.18. The summed E-state index contributed by atoms with van der Waals surface area (Å²) in [5.41, 5.74) is 1.45. The van der Waals surface area contributed by atoms with Crippen LogP contribution in [0, 0.1) is 0 Å². The Morgan fingerprint density at radius 2 is 1.79 bits per heavy atom. The quantitative estimate of drug-likeness (QED) is 0.796. The van der Waals surface area contributed by atoms with Crippen molar-refractivity contribution in [3.8, 4) is 11.5 Å². The molecule has 126 valence electrons. The smallest absolute Gasteiger partial charge is 0.230 e. The molecule has 2 aromatic rings. The summed E-state index contributed by atoms with van der Waals surface area (Å²) in [7, 11) is 3.03. The van der Waals surface area contributed by atoms with E-state index in [4.69, 9.17) is 33.3 Å². The second-order valence-corrected chi connectivity index (χ2v) is 5.67. The van der Waals surface area contributed by atoms with Crippen LogP contribution in [0.25, 0.3) is 0 Å². The van der Waals surface area contributed by atoms with Gasteiger partial charge in [-0.25, -0.2) is 0 Å². The van der Waals surface area contributed by atoms with Gasteiger partial charge in [-0.3, -0.25) is 4.79 Å². The summed E-state index contributed by atoms with van der Waals surface area (Å²) in [6, 6.07) is 12.7. The number of thiocarbonyl (C=S) groups is 1. The predicted molar refractivity (Wildman–Crippen MR) is 99.1 cm³/mol. The third kappa shape index (κ3) is 4.84. The summed E-state index contributed by atoms with van der Waals surface area (Å²) in [6.07, 6.45) is 0.240. The molecule has 0 spiro atoms. The fourth-order valence-electron chi connectivity index (χ4n) is 2.06. The fourth-order valence-corrected chi connectivity index (χ4v) is 2.52. The van der Waals surface area contributed by atoms with Gasteiger partial charge in [0, 0.05) is 12.1 Å². The maximum Gasteiger partial charge on any atom is 0.230 e. The Balaban J connectivity index is 2.02. The van der Waals surface area contributed by atoms with Gasteiger partial charge < -0.3 is 20.1 Å². The van der Waals surface area contributed by atoms with E-state index < -0.39 is 0 Å². The molecule has 0 atom stereocenters. The van der Waals surface area contributed by atoms with Crippen molar-refractivity contribution >= 4 is 40.5 Å². The summed E-state index contributed by atoms with van der Waals surface area (Å²) in [6.45, 7) is 0. The molecule has 7 heteroatoms. The number of hydrogen-bond donors (Lipinski definition) is 2. The number of nitrogens with one attached hydrogen (secondary N) is 2. The molecule has 0 fully saturated rings. The number of ether oxygens (including phenoxy) is 2. The van der Waals surface area contributed by atoms with Gasteiger partial charge in [0.2, 0.25) is 5.91 Å². The normalized spacial score (nSPS) is 9.96. The molecular formula is C17H17ClN2O3S. The number of benzene rings is 2. The first-order chi connectivity index (χ1) is 11.5. The third-order valence-corrected chi connectivity index (χ3v) is 3.68. The first-order valence-corrected chi connectivity index (χ1v) is 7.88. The zero-order valence-electron chi connectivity index (χ0n) is 13.3. The van der Waals surface area contributed by atoms with Gasteiger partial charge in [-0.1, -0.05) is 41.9 Å². The van der Waals surface area contributed by atoms with Gasteiger partial charge in [0.15, 0.2) is 5.11 Å². The number of methoxy groups -OCH3 is 2. The molecule has 0 aliphatic carbocycles. The maximum atomic E-state index is 12.0. The topological polar surface area (TPSA) is 59.6 Å². The Labute approximate surface area is 150 Å². The lowest BCUT2D eigenvalue weighted by Crippen LogP contribution is -2.35. The Morgan fingerprint density at radius 3 is 2.42 bits per heavy atom. The molecule has 0 radical (unpaired) electrons. The number of hydrogen-bond acceptors (Lipinski definition) is 4. The maximum absolute atomic E-state index is 12.0. The van der Waals surface area contributed by atoms with E-state index in [0.717, 1.165) is 5.56 Å². The van der Waals surface area contributed by atoms with E-state index in [1.54, 1.807) is 12.1 Å². The summed E-state index contributed by atoms with van der Waals surface area (Å²) in [5.74, 6) is 0.748. The minimum absolute atomic E-state index is 0.165. The number of halogens is 1. The highest BCUT2D eigenvalue weighted by atomic mass is 35.5. The molecule has 0 saturated carbocycles. The lowest BCUT2D eigenvalue weighted by Gasteiger charge is -2.15. The Hall–Kier alpha value is -2.31. The van der Waals surface area contributed by atoms with Crippen molar-refractivity contribution in [1.29, 1.82) is 0 Å². The highest BCUT2D eigenvalue weighted by Gasteiger charge is 2.12. The van der Waals surface area contributed by atoms with E-state index in [2.05, 4.69) is 10.6 Å². The molecule has 5 nitrogen and oxygen atoms in total. The number of carbonyl (C=O) groups excluding carboxylic acids is 1. The van der Waals surface area contributed by atoms with Gasteiger partial charge in [0.05, 0.1) is 31.4 Å². The van der Waals surface area contributed by atoms with E-state index in [9.17, 15) is 4.79 Å². The van der Waals surface area contributed by atoms with Crippen LogP contribution >= 0.6 is 23.8 Å². The van der Waals surface area contributed by atoms with E-state index >= 15 is 0 Å². The van der Waals surface area contributed by atoms with Crippen molar-refractivity contribution < 1.29 is 14.3 Å². The van der Waals surface area contributed by atoms with Crippen molar-refractivity contribution in [3.05, 3.63) is 53.1 Å². The standard InChI is InChI=1S/C17H17ClN2O3S/c1-22-14-10-13(15(23-2)9-12(14)18)19-17(24)20-16(21)8-11-6-4-3-5-7-11/h3-7,9-10H,8H2,1-2H3,(H2,19,20,21,24). The van der Waals surface area contributed by atoms with Crippen LogP contribution in [0.3, 0.4) is 0 Å². The van der Waals surface area contributed by atoms with Gasteiger partial charge >= 0.3 is 0 Å². The van der Waals surface area contributed by atoms with Gasteiger partial charge in [-0.05, 0) is 17.8 Å². The number of carbonyl (C=O) groups is 1. The van der Waals surface area contributed by atoms with Crippen LogP contribution in [-0.4, -0.2) is 25.2 Å². The first-order valence-electron chi connectivity index (χ1n) is 7.09. The summed E-state index contributed by atoms with van der Waals surface area (Å²) >= 11 is 11.2. The molecule has 0 aliphatic rings. The molecule has 2 aromatic carbocycles. The summed E-state index contributed by atoms with van der Waals surface area (Å²) in [4.78, 5) is 12.0. The zero-order valence-corrected chi connectivity index (χ0v) is 14.8. The Kier molecular flexibility index (Phi) is 6.40. The highest BCUT2D eigenvalue weighted by molar-refractivity contribution is 7.80. The number of rotatable bonds is 5. The Bertz CT molecular complexity index is 738. The lowest BCUT2D eigenvalue weighted by molar-refractivity contribution is -0.119. The molecule has 0 aromatic heterocycles. The van der Waals surface area contributed by atoms with Gasteiger partial charge in [0.25, 0.3) is 0 Å². The molecule has 0 bridgehead atoms. The van der Waals surface area contributed by atoms with Crippen LogP contribution < -0.4 is 20.1 Å². The van der Waals surface area contributed by atoms with Crippen LogP contribution in [0.5, 0.6) is 11.5 Å². The average Bonchev–Trinajstić information content (AvgIpc) is 2.56. The molecule has 0 unspecified atom stereocenters. The van der Waals surface area contributed by atoms with E-state index in [1.807, 2.05) is 30.3 Å². The lowest BCUT2D eigenvalue weighted by atomic mass is 10.1. The van der Waals surface area contributed by atoms with Crippen LogP contribution in [0.4, 0.5) is 5.69 Å². The van der Waals surface area contributed by atoms with Crippen molar-refractivity contribution in [1.82, 2.24) is 5.32 Å². The predicted octanol–water partition coefficient (Wildman–Crippen LogP) is 3.41. The minimum atomic E-state index is -0.210. The van der Waals surface area contributed by atoms with Crippen LogP contribution in [0.2, 0.25) is 5.02 Å². The number of anilines is 1. The van der Waals surface area contributed by atoms with Crippen molar-refractivity contribution in [2.24, 2.45) is 0 Å². The van der Waals surface area contributed by atoms with Gasteiger partial charge in [0.1, 0.15) is 11.5 Å². The van der Waals surface area contributed by atoms with E-state index in [0.29, 0.717) is 22.2 Å². The molecule has 0 aliphatic heterocycles. The summed E-state index contributed by atoms with van der Waals surface area (Å²) < 4.78 is 10.4.